The number of pyridine rings is 1. The fraction of sp³-hybridized carbons (Fsp3) is 0.0769. The molecule has 0 radical (unpaired) electrons. The summed E-state index contributed by atoms with van der Waals surface area (Å²) < 4.78 is 0.863. The molecule has 0 spiro atoms. The van der Waals surface area contributed by atoms with E-state index in [0.717, 1.165) is 14.4 Å². The molecule has 0 bridgehead atoms. The normalized spacial score (nSPS) is 10.4. The van der Waals surface area contributed by atoms with Crippen molar-refractivity contribution in [1.82, 2.24) is 4.98 Å². The molecular formula is C13H9BrClNOS. The van der Waals surface area contributed by atoms with E-state index in [1.807, 2.05) is 12.1 Å². The van der Waals surface area contributed by atoms with Crippen molar-refractivity contribution < 1.29 is 4.79 Å². The van der Waals surface area contributed by atoms with Gasteiger partial charge in [-0.3, -0.25) is 4.79 Å². The monoisotopic (exact) mass is 341 g/mol. The van der Waals surface area contributed by atoms with E-state index in [1.54, 1.807) is 31.3 Å². The molecule has 1 heterocycles. The number of Topliss-reactive ketones (excluding diaryl/α,β-unsaturated/α-hetero) is 1. The average molecular weight is 343 g/mol. The van der Waals surface area contributed by atoms with Crippen molar-refractivity contribution in [3.05, 3.63) is 51.6 Å². The number of carbonyl (C=O) groups excluding carboxylic acids is 1. The molecule has 0 N–H and O–H groups in total. The minimum absolute atomic E-state index is 0.0446. The summed E-state index contributed by atoms with van der Waals surface area (Å²) in [6, 6.07) is 9.08. The average Bonchev–Trinajstić information content (AvgIpc) is 2.34. The van der Waals surface area contributed by atoms with Crippen LogP contribution in [0.2, 0.25) is 5.02 Å². The smallest absolute Gasteiger partial charge is 0.159 e. The number of ketones is 1. The van der Waals surface area contributed by atoms with Crippen molar-refractivity contribution in [2.24, 2.45) is 0 Å². The Bertz CT molecular complexity index is 603. The molecule has 0 aliphatic rings. The number of aromatic nitrogens is 1. The van der Waals surface area contributed by atoms with E-state index in [1.165, 1.54) is 11.8 Å². The molecular weight excluding hydrogens is 334 g/mol. The third-order valence-electron chi connectivity index (χ3n) is 2.27. The lowest BCUT2D eigenvalue weighted by molar-refractivity contribution is 0.101. The first kappa shape index (κ1) is 13.6. The molecule has 0 amide bonds. The molecule has 1 aromatic heterocycles. The van der Waals surface area contributed by atoms with E-state index < -0.39 is 0 Å². The summed E-state index contributed by atoms with van der Waals surface area (Å²) in [5.41, 5.74) is 0.679. The summed E-state index contributed by atoms with van der Waals surface area (Å²) in [7, 11) is 0. The van der Waals surface area contributed by atoms with E-state index in [4.69, 9.17) is 11.6 Å². The van der Waals surface area contributed by atoms with Gasteiger partial charge in [0.25, 0.3) is 0 Å². The summed E-state index contributed by atoms with van der Waals surface area (Å²) in [5.74, 6) is 0.0446. The van der Waals surface area contributed by atoms with E-state index in [0.29, 0.717) is 10.6 Å². The van der Waals surface area contributed by atoms with Crippen LogP contribution in [0.5, 0.6) is 0 Å². The van der Waals surface area contributed by atoms with Gasteiger partial charge in [-0.2, -0.15) is 0 Å². The van der Waals surface area contributed by atoms with Crippen molar-refractivity contribution >= 4 is 45.1 Å². The van der Waals surface area contributed by atoms with Crippen LogP contribution in [0.3, 0.4) is 0 Å². The number of carbonyl (C=O) groups is 1. The molecule has 0 atom stereocenters. The molecule has 5 heteroatoms. The van der Waals surface area contributed by atoms with Gasteiger partial charge in [0, 0.05) is 21.1 Å². The highest BCUT2D eigenvalue weighted by atomic mass is 79.9. The second-order valence-electron chi connectivity index (χ2n) is 3.59. The summed E-state index contributed by atoms with van der Waals surface area (Å²) in [6.07, 6.45) is 1.70. The van der Waals surface area contributed by atoms with Crippen molar-refractivity contribution in [3.63, 3.8) is 0 Å². The number of halogens is 2. The standard InChI is InChI=1S/C13H9BrClNOS/c1-8(17)9-4-5-12(10(14)7-9)18-13-11(15)3-2-6-16-13/h2-7H,1H3. The van der Waals surface area contributed by atoms with Crippen molar-refractivity contribution in [2.75, 3.05) is 0 Å². The van der Waals surface area contributed by atoms with Crippen LogP contribution in [0.25, 0.3) is 0 Å². The van der Waals surface area contributed by atoms with Gasteiger partial charge in [-0.05, 0) is 47.1 Å². The predicted molar refractivity (Wildman–Crippen MR) is 77.5 cm³/mol. The van der Waals surface area contributed by atoms with Crippen LogP contribution in [-0.2, 0) is 0 Å². The molecule has 92 valence electrons. The molecule has 18 heavy (non-hydrogen) atoms. The Hall–Kier alpha value is -0.840. The first-order valence-electron chi connectivity index (χ1n) is 5.17. The molecule has 2 aromatic rings. The van der Waals surface area contributed by atoms with Crippen LogP contribution >= 0.6 is 39.3 Å². The van der Waals surface area contributed by atoms with Gasteiger partial charge >= 0.3 is 0 Å². The maximum Gasteiger partial charge on any atom is 0.159 e. The minimum Gasteiger partial charge on any atom is -0.295 e. The summed E-state index contributed by atoms with van der Waals surface area (Å²) in [5, 5.41) is 1.36. The Morgan fingerprint density at radius 3 is 2.78 bits per heavy atom. The first-order chi connectivity index (χ1) is 8.58. The van der Waals surface area contributed by atoms with Crippen LogP contribution in [-0.4, -0.2) is 10.8 Å². The molecule has 0 aliphatic carbocycles. The van der Waals surface area contributed by atoms with Gasteiger partial charge in [0.1, 0.15) is 5.03 Å². The van der Waals surface area contributed by atoms with Gasteiger partial charge in [0.05, 0.1) is 5.02 Å². The number of hydrogen-bond donors (Lipinski definition) is 0. The molecule has 0 aliphatic heterocycles. The topological polar surface area (TPSA) is 30.0 Å². The van der Waals surface area contributed by atoms with Crippen LogP contribution in [0.4, 0.5) is 0 Å². The third-order valence-corrected chi connectivity index (χ3v) is 4.70. The second-order valence-corrected chi connectivity index (χ2v) is 5.89. The van der Waals surface area contributed by atoms with Gasteiger partial charge in [-0.15, -0.1) is 0 Å². The Morgan fingerprint density at radius 2 is 2.17 bits per heavy atom. The maximum atomic E-state index is 11.3. The number of hydrogen-bond acceptors (Lipinski definition) is 3. The minimum atomic E-state index is 0.0446. The summed E-state index contributed by atoms with van der Waals surface area (Å²) in [4.78, 5) is 16.4. The second kappa shape index (κ2) is 5.87. The Balaban J connectivity index is 2.30. The van der Waals surface area contributed by atoms with Gasteiger partial charge < -0.3 is 0 Å². The van der Waals surface area contributed by atoms with E-state index in [-0.39, 0.29) is 5.78 Å². The highest BCUT2D eigenvalue weighted by molar-refractivity contribution is 9.10. The lowest BCUT2D eigenvalue weighted by Gasteiger charge is -2.06. The van der Waals surface area contributed by atoms with Gasteiger partial charge in [0.2, 0.25) is 0 Å². The van der Waals surface area contributed by atoms with Crippen LogP contribution < -0.4 is 0 Å². The fourth-order valence-corrected chi connectivity index (χ4v) is 2.99. The molecule has 0 saturated carbocycles. The zero-order chi connectivity index (χ0) is 13.1. The van der Waals surface area contributed by atoms with Crippen LogP contribution in [0, 0.1) is 0 Å². The van der Waals surface area contributed by atoms with E-state index in [2.05, 4.69) is 20.9 Å². The van der Waals surface area contributed by atoms with Crippen LogP contribution in [0.1, 0.15) is 17.3 Å². The molecule has 1 aromatic carbocycles. The number of nitrogens with zero attached hydrogens (tertiary/aromatic N) is 1. The maximum absolute atomic E-state index is 11.3. The Morgan fingerprint density at radius 1 is 1.39 bits per heavy atom. The first-order valence-corrected chi connectivity index (χ1v) is 7.15. The number of benzene rings is 1. The zero-order valence-electron chi connectivity index (χ0n) is 9.48. The van der Waals surface area contributed by atoms with Gasteiger partial charge in [-0.25, -0.2) is 4.98 Å². The molecule has 2 nitrogen and oxygen atoms in total. The third kappa shape index (κ3) is 3.13. The highest BCUT2D eigenvalue weighted by Gasteiger charge is 2.08. The van der Waals surface area contributed by atoms with E-state index in [9.17, 15) is 4.79 Å². The largest absolute Gasteiger partial charge is 0.295 e. The van der Waals surface area contributed by atoms with Crippen molar-refractivity contribution in [1.29, 1.82) is 0 Å². The quantitative estimate of drug-likeness (QED) is 0.747. The summed E-state index contributed by atoms with van der Waals surface area (Å²) in [6.45, 7) is 1.55. The molecule has 0 fully saturated rings. The predicted octanol–water partition coefficient (Wildman–Crippen LogP) is 4.85. The Labute approximate surface area is 123 Å². The highest BCUT2D eigenvalue weighted by Crippen LogP contribution is 2.36. The summed E-state index contributed by atoms with van der Waals surface area (Å²) >= 11 is 11.0. The zero-order valence-corrected chi connectivity index (χ0v) is 12.6. The lowest BCUT2D eigenvalue weighted by atomic mass is 10.2. The van der Waals surface area contributed by atoms with Crippen molar-refractivity contribution in [2.45, 2.75) is 16.8 Å². The molecule has 0 saturated heterocycles. The molecule has 2 rings (SSSR count). The Kier molecular flexibility index (Phi) is 4.43. The number of rotatable bonds is 3. The SMILES string of the molecule is CC(=O)c1ccc(Sc2ncccc2Cl)c(Br)c1. The van der Waals surface area contributed by atoms with Gasteiger partial charge in [-0.1, -0.05) is 29.4 Å². The van der Waals surface area contributed by atoms with Crippen molar-refractivity contribution in [3.8, 4) is 0 Å². The van der Waals surface area contributed by atoms with Crippen LogP contribution in [0.15, 0.2) is 50.9 Å². The molecule has 0 unspecified atom stereocenters. The lowest BCUT2D eigenvalue weighted by Crippen LogP contribution is -1.92. The van der Waals surface area contributed by atoms with E-state index >= 15 is 0 Å². The fourth-order valence-electron chi connectivity index (χ4n) is 1.35. The van der Waals surface area contributed by atoms with Gasteiger partial charge in [0.15, 0.2) is 5.78 Å².